The fourth-order valence-electron chi connectivity index (χ4n) is 4.67. The van der Waals surface area contributed by atoms with Gasteiger partial charge in [-0.1, -0.05) is 25.0 Å². The molecule has 5 rings (SSSR count). The molecule has 126 valence electrons. The summed E-state index contributed by atoms with van der Waals surface area (Å²) in [6, 6.07) is 11.2. The van der Waals surface area contributed by atoms with Crippen LogP contribution in [-0.2, 0) is 12.8 Å². The molecule has 0 aliphatic heterocycles. The normalized spacial score (nSPS) is 17.7. The highest BCUT2D eigenvalue weighted by Crippen LogP contribution is 2.36. The lowest BCUT2D eigenvalue weighted by atomic mass is 9.89. The van der Waals surface area contributed by atoms with E-state index in [1.165, 1.54) is 55.5 Å². The number of nitrogens with one attached hydrogen (secondary N) is 1. The van der Waals surface area contributed by atoms with E-state index >= 15 is 0 Å². The summed E-state index contributed by atoms with van der Waals surface area (Å²) in [7, 11) is 0. The molecule has 1 fully saturated rings. The van der Waals surface area contributed by atoms with Crippen molar-refractivity contribution in [2.45, 2.75) is 57.4 Å². The van der Waals surface area contributed by atoms with Gasteiger partial charge >= 0.3 is 0 Å². The Morgan fingerprint density at radius 2 is 1.80 bits per heavy atom. The number of hydrogen-bond donors (Lipinski definition) is 1. The van der Waals surface area contributed by atoms with Gasteiger partial charge in [0.15, 0.2) is 5.65 Å². The molecule has 0 atom stereocenters. The van der Waals surface area contributed by atoms with Crippen molar-refractivity contribution < 1.29 is 0 Å². The molecule has 0 unspecified atom stereocenters. The van der Waals surface area contributed by atoms with E-state index in [1.54, 1.807) is 0 Å². The van der Waals surface area contributed by atoms with E-state index in [4.69, 9.17) is 4.98 Å². The quantitative estimate of drug-likeness (QED) is 0.747. The SMILES string of the molecule is N#Cc1c2c(c(NC3CCCC3)n3c1nc1ccccc13)CCCC2. The van der Waals surface area contributed by atoms with Gasteiger partial charge in [-0.05, 0) is 61.8 Å². The Labute approximate surface area is 147 Å². The van der Waals surface area contributed by atoms with Gasteiger partial charge in [-0.25, -0.2) is 4.98 Å². The molecule has 1 N–H and O–H groups in total. The second-order valence-electron chi connectivity index (χ2n) is 7.38. The molecular formula is C21H22N4. The molecule has 2 aliphatic carbocycles. The summed E-state index contributed by atoms with van der Waals surface area (Å²) in [5.41, 5.74) is 6.26. The Balaban J connectivity index is 1.86. The number of rotatable bonds is 2. The van der Waals surface area contributed by atoms with Crippen molar-refractivity contribution in [3.8, 4) is 6.07 Å². The summed E-state index contributed by atoms with van der Waals surface area (Å²) in [5, 5.41) is 13.7. The van der Waals surface area contributed by atoms with Crippen LogP contribution in [0.3, 0.4) is 0 Å². The Morgan fingerprint density at radius 1 is 1.04 bits per heavy atom. The Hall–Kier alpha value is -2.54. The second-order valence-corrected chi connectivity index (χ2v) is 7.38. The average Bonchev–Trinajstić information content (AvgIpc) is 3.29. The lowest BCUT2D eigenvalue weighted by Crippen LogP contribution is -2.21. The standard InChI is InChI=1S/C21H22N4/c22-13-17-15-9-3-4-10-16(15)20(23-14-7-1-2-8-14)25-19-12-6-5-11-18(19)24-21(17)25/h5-6,11-12,14,23H,1-4,7-10H2. The first-order valence-corrected chi connectivity index (χ1v) is 9.48. The minimum absolute atomic E-state index is 0.545. The lowest BCUT2D eigenvalue weighted by Gasteiger charge is -2.25. The fraction of sp³-hybridized carbons (Fsp3) is 0.429. The largest absolute Gasteiger partial charge is 0.368 e. The number of imidazole rings is 1. The van der Waals surface area contributed by atoms with Crippen LogP contribution in [0.5, 0.6) is 0 Å². The van der Waals surface area contributed by atoms with E-state index in [0.717, 1.165) is 35.1 Å². The summed E-state index contributed by atoms with van der Waals surface area (Å²) >= 11 is 0. The predicted octanol–water partition coefficient (Wildman–Crippen LogP) is 4.59. The molecule has 0 radical (unpaired) electrons. The molecule has 1 aromatic carbocycles. The van der Waals surface area contributed by atoms with Crippen molar-refractivity contribution in [1.29, 1.82) is 5.26 Å². The van der Waals surface area contributed by atoms with Crippen molar-refractivity contribution in [2.75, 3.05) is 5.32 Å². The minimum Gasteiger partial charge on any atom is -0.368 e. The Kier molecular flexibility index (Phi) is 3.41. The van der Waals surface area contributed by atoms with Crippen LogP contribution in [0.1, 0.15) is 55.2 Å². The highest BCUT2D eigenvalue weighted by atomic mass is 15.1. The maximum absolute atomic E-state index is 9.87. The Bertz CT molecular complexity index is 1000. The number of hydrogen-bond acceptors (Lipinski definition) is 3. The van der Waals surface area contributed by atoms with Crippen LogP contribution in [0.25, 0.3) is 16.7 Å². The van der Waals surface area contributed by atoms with Gasteiger partial charge in [-0.3, -0.25) is 4.40 Å². The molecule has 0 saturated heterocycles. The number of aromatic nitrogens is 2. The summed E-state index contributed by atoms with van der Waals surface area (Å²) in [5.74, 6) is 1.20. The molecular weight excluding hydrogens is 308 g/mol. The van der Waals surface area contributed by atoms with E-state index in [1.807, 2.05) is 12.1 Å². The molecule has 1 saturated carbocycles. The number of nitrogens with zero attached hydrogens (tertiary/aromatic N) is 3. The van der Waals surface area contributed by atoms with Crippen molar-refractivity contribution >= 4 is 22.5 Å². The molecule has 25 heavy (non-hydrogen) atoms. The molecule has 4 nitrogen and oxygen atoms in total. The molecule has 2 aromatic heterocycles. The average molecular weight is 330 g/mol. The number of para-hydroxylation sites is 2. The fourth-order valence-corrected chi connectivity index (χ4v) is 4.67. The summed E-state index contributed by atoms with van der Waals surface area (Å²) in [6.45, 7) is 0. The highest BCUT2D eigenvalue weighted by Gasteiger charge is 2.26. The van der Waals surface area contributed by atoms with Gasteiger partial charge in [0.25, 0.3) is 0 Å². The molecule has 3 aromatic rings. The van der Waals surface area contributed by atoms with Crippen LogP contribution in [-0.4, -0.2) is 15.4 Å². The van der Waals surface area contributed by atoms with Crippen molar-refractivity contribution in [1.82, 2.24) is 9.38 Å². The van der Waals surface area contributed by atoms with Crippen LogP contribution >= 0.6 is 0 Å². The second kappa shape index (κ2) is 5.77. The molecule has 2 aliphatic rings. The van der Waals surface area contributed by atoms with Crippen LogP contribution in [0.15, 0.2) is 24.3 Å². The first-order valence-electron chi connectivity index (χ1n) is 9.48. The van der Waals surface area contributed by atoms with E-state index in [0.29, 0.717) is 6.04 Å². The third-order valence-corrected chi connectivity index (χ3v) is 5.87. The van der Waals surface area contributed by atoms with Crippen molar-refractivity contribution in [3.63, 3.8) is 0 Å². The first kappa shape index (κ1) is 14.8. The minimum atomic E-state index is 0.545. The third-order valence-electron chi connectivity index (χ3n) is 5.87. The number of anilines is 1. The van der Waals surface area contributed by atoms with Gasteiger partial charge in [-0.2, -0.15) is 5.26 Å². The molecule has 2 heterocycles. The van der Waals surface area contributed by atoms with Gasteiger partial charge < -0.3 is 5.32 Å². The Morgan fingerprint density at radius 3 is 2.60 bits per heavy atom. The van der Waals surface area contributed by atoms with Crippen LogP contribution < -0.4 is 5.32 Å². The zero-order chi connectivity index (χ0) is 16.8. The molecule has 0 amide bonds. The topological polar surface area (TPSA) is 53.1 Å². The zero-order valence-corrected chi connectivity index (χ0v) is 14.4. The van der Waals surface area contributed by atoms with E-state index in [9.17, 15) is 5.26 Å². The highest BCUT2D eigenvalue weighted by molar-refractivity contribution is 5.86. The molecule has 0 spiro atoms. The lowest BCUT2D eigenvalue weighted by molar-refractivity contribution is 0.675. The summed E-state index contributed by atoms with van der Waals surface area (Å²) in [4.78, 5) is 4.83. The smallest absolute Gasteiger partial charge is 0.157 e. The van der Waals surface area contributed by atoms with Gasteiger partial charge in [0.05, 0.1) is 16.6 Å². The number of pyridine rings is 1. The van der Waals surface area contributed by atoms with Crippen molar-refractivity contribution in [2.24, 2.45) is 0 Å². The van der Waals surface area contributed by atoms with E-state index in [2.05, 4.69) is 27.9 Å². The van der Waals surface area contributed by atoms with Crippen LogP contribution in [0, 0.1) is 11.3 Å². The third kappa shape index (κ3) is 2.22. The van der Waals surface area contributed by atoms with Crippen LogP contribution in [0.2, 0.25) is 0 Å². The number of benzene rings is 1. The van der Waals surface area contributed by atoms with Gasteiger partial charge in [-0.15, -0.1) is 0 Å². The maximum Gasteiger partial charge on any atom is 0.157 e. The van der Waals surface area contributed by atoms with Gasteiger partial charge in [0.1, 0.15) is 11.9 Å². The van der Waals surface area contributed by atoms with Gasteiger partial charge in [0, 0.05) is 6.04 Å². The van der Waals surface area contributed by atoms with E-state index in [-0.39, 0.29) is 0 Å². The zero-order valence-electron chi connectivity index (χ0n) is 14.4. The van der Waals surface area contributed by atoms with Crippen LogP contribution in [0.4, 0.5) is 5.82 Å². The molecule has 0 bridgehead atoms. The van der Waals surface area contributed by atoms with Gasteiger partial charge in [0.2, 0.25) is 0 Å². The summed E-state index contributed by atoms with van der Waals surface area (Å²) in [6.07, 6.45) is 9.52. The monoisotopic (exact) mass is 330 g/mol. The molecule has 4 heteroatoms. The maximum atomic E-state index is 9.87. The summed E-state index contributed by atoms with van der Waals surface area (Å²) < 4.78 is 2.22. The van der Waals surface area contributed by atoms with Crippen molar-refractivity contribution in [3.05, 3.63) is 41.0 Å². The first-order chi connectivity index (χ1) is 12.4. The number of nitriles is 1. The van der Waals surface area contributed by atoms with E-state index < -0.39 is 0 Å². The number of fused-ring (bicyclic) bond motifs is 4. The predicted molar refractivity (Wildman–Crippen MR) is 99.9 cm³/mol.